The molecule has 4 aromatic rings. The summed E-state index contributed by atoms with van der Waals surface area (Å²) in [6.07, 6.45) is 4.59. The van der Waals surface area contributed by atoms with Crippen LogP contribution in [0.3, 0.4) is 0 Å². The lowest BCUT2D eigenvalue weighted by atomic mass is 9.73. The largest absolute Gasteiger partial charge is 0.508 e. The Morgan fingerprint density at radius 2 is 1.16 bits per heavy atom. The summed E-state index contributed by atoms with van der Waals surface area (Å²) in [5, 5.41) is 33.5. The summed E-state index contributed by atoms with van der Waals surface area (Å²) in [7, 11) is 4.06. The molecule has 4 aromatic carbocycles. The molecule has 0 radical (unpaired) electrons. The third-order valence-electron chi connectivity index (χ3n) is 7.05. The van der Waals surface area contributed by atoms with Gasteiger partial charge in [-0.1, -0.05) is 67.6 Å². The Bertz CT molecular complexity index is 1280. The van der Waals surface area contributed by atoms with E-state index in [1.54, 1.807) is 24.3 Å². The Kier molecular flexibility index (Phi) is 8.39. The van der Waals surface area contributed by atoms with Crippen molar-refractivity contribution in [2.45, 2.75) is 31.4 Å². The number of phenolic OH excluding ortho intramolecular Hbond substituents is 2. The normalized spacial score (nSPS) is 12.4. The average molecular weight is 509 g/mol. The van der Waals surface area contributed by atoms with E-state index in [4.69, 9.17) is 0 Å². The van der Waals surface area contributed by atoms with E-state index < -0.39 is 11.6 Å². The molecule has 1 unspecified atom stereocenters. The molecule has 0 saturated carbocycles. The Labute approximate surface area is 225 Å². The number of nitrogens with one attached hydrogen (secondary N) is 1. The monoisotopic (exact) mass is 508 g/mol. The second kappa shape index (κ2) is 11.9. The topological polar surface area (TPSA) is 76.0 Å². The smallest absolute Gasteiger partial charge is 0.124 e. The number of benzene rings is 4. The standard InChI is InChI=1S/C33H36N2O3/c1-33(26-10-18-30(36)19-11-26,27-12-20-31(37)21-13-27)23-22-32(38)34-28-14-6-24(7-15-28)4-5-25-8-16-29(17-9-25)35(2)3/h4-21,32,34,36-38H,22-23H2,1-3H3. The van der Waals surface area contributed by atoms with Crippen LogP contribution in [0, 0.1) is 0 Å². The van der Waals surface area contributed by atoms with Gasteiger partial charge >= 0.3 is 0 Å². The van der Waals surface area contributed by atoms with Crippen LogP contribution in [0.4, 0.5) is 11.4 Å². The van der Waals surface area contributed by atoms with Crippen molar-refractivity contribution < 1.29 is 15.3 Å². The fourth-order valence-electron chi connectivity index (χ4n) is 4.57. The van der Waals surface area contributed by atoms with Gasteiger partial charge in [0, 0.05) is 30.9 Å². The van der Waals surface area contributed by atoms with Gasteiger partial charge in [-0.3, -0.25) is 0 Å². The number of aromatic hydroxyl groups is 2. The van der Waals surface area contributed by atoms with Crippen LogP contribution in [0.2, 0.25) is 0 Å². The summed E-state index contributed by atoms with van der Waals surface area (Å²) in [6.45, 7) is 2.12. The van der Waals surface area contributed by atoms with Crippen LogP contribution in [0.25, 0.3) is 12.2 Å². The predicted octanol–water partition coefficient (Wildman–Crippen LogP) is 6.85. The zero-order chi connectivity index (χ0) is 27.1. The van der Waals surface area contributed by atoms with E-state index in [-0.39, 0.29) is 11.5 Å². The van der Waals surface area contributed by atoms with E-state index in [1.807, 2.05) is 62.6 Å². The fraction of sp³-hybridized carbons (Fsp3) is 0.212. The molecule has 0 amide bonds. The van der Waals surface area contributed by atoms with Crippen molar-refractivity contribution in [3.8, 4) is 11.5 Å². The van der Waals surface area contributed by atoms with Gasteiger partial charge in [0.25, 0.3) is 0 Å². The zero-order valence-electron chi connectivity index (χ0n) is 22.2. The van der Waals surface area contributed by atoms with Crippen molar-refractivity contribution in [3.63, 3.8) is 0 Å². The molecule has 0 aliphatic rings. The Hall–Kier alpha value is -4.22. The van der Waals surface area contributed by atoms with Gasteiger partial charge in [0.05, 0.1) is 0 Å². The van der Waals surface area contributed by atoms with Crippen LogP contribution >= 0.6 is 0 Å². The molecule has 5 heteroatoms. The Morgan fingerprint density at radius 1 is 0.711 bits per heavy atom. The summed E-state index contributed by atoms with van der Waals surface area (Å²) >= 11 is 0. The first-order valence-corrected chi connectivity index (χ1v) is 12.8. The number of rotatable bonds is 10. The molecule has 0 aliphatic carbocycles. The number of phenols is 2. The Morgan fingerprint density at radius 3 is 1.61 bits per heavy atom. The van der Waals surface area contributed by atoms with Crippen LogP contribution in [0.5, 0.6) is 11.5 Å². The molecule has 196 valence electrons. The highest BCUT2D eigenvalue weighted by Crippen LogP contribution is 2.38. The molecule has 38 heavy (non-hydrogen) atoms. The van der Waals surface area contributed by atoms with E-state index in [0.29, 0.717) is 12.8 Å². The van der Waals surface area contributed by atoms with E-state index in [2.05, 4.69) is 53.6 Å². The van der Waals surface area contributed by atoms with Gasteiger partial charge in [0.2, 0.25) is 0 Å². The summed E-state index contributed by atoms with van der Waals surface area (Å²) < 4.78 is 0. The SMILES string of the molecule is CN(C)c1ccc(C=Cc2ccc(NC(O)CCC(C)(c3ccc(O)cc3)c3ccc(O)cc3)cc2)cc1. The highest BCUT2D eigenvalue weighted by Gasteiger charge is 2.29. The first-order chi connectivity index (χ1) is 18.2. The van der Waals surface area contributed by atoms with Gasteiger partial charge in [-0.15, -0.1) is 0 Å². The van der Waals surface area contributed by atoms with Gasteiger partial charge in [-0.05, 0) is 83.6 Å². The van der Waals surface area contributed by atoms with Gasteiger partial charge in [0.1, 0.15) is 17.7 Å². The van der Waals surface area contributed by atoms with Crippen LogP contribution in [0.15, 0.2) is 97.1 Å². The van der Waals surface area contributed by atoms with Crippen molar-refractivity contribution >= 4 is 23.5 Å². The van der Waals surface area contributed by atoms with E-state index in [9.17, 15) is 15.3 Å². The van der Waals surface area contributed by atoms with Crippen molar-refractivity contribution in [1.82, 2.24) is 0 Å². The summed E-state index contributed by atoms with van der Waals surface area (Å²) in [5.74, 6) is 0.424. The van der Waals surface area contributed by atoms with Crippen molar-refractivity contribution in [1.29, 1.82) is 0 Å². The molecule has 4 rings (SSSR count). The first kappa shape index (κ1) is 26.8. The zero-order valence-corrected chi connectivity index (χ0v) is 22.2. The minimum absolute atomic E-state index is 0.212. The van der Waals surface area contributed by atoms with Crippen molar-refractivity contribution in [3.05, 3.63) is 119 Å². The fourth-order valence-corrected chi connectivity index (χ4v) is 4.57. The lowest BCUT2D eigenvalue weighted by Crippen LogP contribution is -2.28. The third-order valence-corrected chi connectivity index (χ3v) is 7.05. The van der Waals surface area contributed by atoms with Gasteiger partial charge < -0.3 is 25.5 Å². The highest BCUT2D eigenvalue weighted by molar-refractivity contribution is 5.71. The van der Waals surface area contributed by atoms with Crippen LogP contribution < -0.4 is 10.2 Å². The lowest BCUT2D eigenvalue weighted by molar-refractivity contribution is 0.182. The van der Waals surface area contributed by atoms with Crippen LogP contribution in [-0.4, -0.2) is 35.6 Å². The maximum absolute atomic E-state index is 10.8. The molecule has 4 N–H and O–H groups in total. The molecule has 0 aromatic heterocycles. The number of anilines is 2. The molecule has 0 heterocycles. The molecular weight excluding hydrogens is 472 g/mol. The average Bonchev–Trinajstić information content (AvgIpc) is 2.92. The van der Waals surface area contributed by atoms with Gasteiger partial charge in [-0.25, -0.2) is 0 Å². The maximum Gasteiger partial charge on any atom is 0.124 e. The molecule has 0 fully saturated rings. The molecule has 1 atom stereocenters. The van der Waals surface area contributed by atoms with E-state index >= 15 is 0 Å². The van der Waals surface area contributed by atoms with Crippen LogP contribution in [-0.2, 0) is 5.41 Å². The van der Waals surface area contributed by atoms with E-state index in [1.165, 1.54) is 5.69 Å². The van der Waals surface area contributed by atoms with E-state index in [0.717, 1.165) is 27.9 Å². The lowest BCUT2D eigenvalue weighted by Gasteiger charge is -2.32. The van der Waals surface area contributed by atoms with Crippen LogP contribution in [0.1, 0.15) is 42.0 Å². The number of aliphatic hydroxyl groups is 1. The summed E-state index contributed by atoms with van der Waals surface area (Å²) in [4.78, 5) is 2.08. The third kappa shape index (κ3) is 6.75. The molecule has 0 spiro atoms. The molecule has 0 saturated heterocycles. The summed E-state index contributed by atoms with van der Waals surface area (Å²) in [6, 6.07) is 30.7. The predicted molar refractivity (Wildman–Crippen MR) is 158 cm³/mol. The van der Waals surface area contributed by atoms with Crippen molar-refractivity contribution in [2.24, 2.45) is 0 Å². The van der Waals surface area contributed by atoms with Crippen molar-refractivity contribution in [2.75, 3.05) is 24.3 Å². The molecular formula is C33H36N2O3. The van der Waals surface area contributed by atoms with Gasteiger partial charge in [-0.2, -0.15) is 0 Å². The molecule has 5 nitrogen and oxygen atoms in total. The second-order valence-corrected chi connectivity index (χ2v) is 10.1. The molecule has 0 bridgehead atoms. The van der Waals surface area contributed by atoms with Gasteiger partial charge in [0.15, 0.2) is 0 Å². The summed E-state index contributed by atoms with van der Waals surface area (Å²) in [5.41, 5.74) is 5.88. The number of nitrogens with zero attached hydrogens (tertiary/aromatic N) is 1. The Balaban J connectivity index is 1.39. The number of aliphatic hydroxyl groups excluding tert-OH is 1. The minimum Gasteiger partial charge on any atom is -0.508 e. The maximum atomic E-state index is 10.8. The number of hydrogen-bond acceptors (Lipinski definition) is 5. The highest BCUT2D eigenvalue weighted by atomic mass is 16.3. The molecule has 0 aliphatic heterocycles. The second-order valence-electron chi connectivity index (χ2n) is 10.1. The quantitative estimate of drug-likeness (QED) is 0.139. The first-order valence-electron chi connectivity index (χ1n) is 12.8. The number of hydrogen-bond donors (Lipinski definition) is 4. The minimum atomic E-state index is -0.736.